The van der Waals surface area contributed by atoms with E-state index in [4.69, 9.17) is 0 Å². The van der Waals surface area contributed by atoms with Crippen LogP contribution in [0.25, 0.3) is 22.5 Å². The number of halogens is 2. The van der Waals surface area contributed by atoms with E-state index >= 15 is 4.39 Å². The maximum absolute atomic E-state index is 15.1. The molecule has 2 aromatic carbocycles. The number of hydrogen-bond donors (Lipinski definition) is 3. The summed E-state index contributed by atoms with van der Waals surface area (Å²) in [6, 6.07) is 16.3. The summed E-state index contributed by atoms with van der Waals surface area (Å²) in [4.78, 5) is 19.6. The van der Waals surface area contributed by atoms with Gasteiger partial charge in [0.25, 0.3) is 5.91 Å². The zero-order valence-electron chi connectivity index (χ0n) is 20.0. The Hall–Kier alpha value is -3.95. The van der Waals surface area contributed by atoms with Crippen LogP contribution in [0.1, 0.15) is 16.1 Å². The van der Waals surface area contributed by atoms with Crippen LogP contribution in [0.5, 0.6) is 0 Å². The SMILES string of the molecule is CN(C)[C@H](CO)[C@@H](Cc1ccccn1)NC(=O)c1cccc(F)c1-c1cc(-c2ccc(F)cc2)[nH]n1. The number of benzene rings is 2. The third-order valence-corrected chi connectivity index (χ3v) is 6.03. The lowest BCUT2D eigenvalue weighted by molar-refractivity contribution is 0.0866. The maximum Gasteiger partial charge on any atom is 0.252 e. The van der Waals surface area contributed by atoms with Crippen LogP contribution in [0.15, 0.2) is 72.9 Å². The number of carbonyl (C=O) groups excluding carboxylic acids is 1. The molecule has 9 heteroatoms. The minimum absolute atomic E-state index is 0.0431. The van der Waals surface area contributed by atoms with Gasteiger partial charge in [0.15, 0.2) is 0 Å². The predicted octanol–water partition coefficient (Wildman–Crippen LogP) is 3.68. The summed E-state index contributed by atoms with van der Waals surface area (Å²) in [5, 5.41) is 20.0. The average molecular weight is 492 g/mol. The van der Waals surface area contributed by atoms with E-state index in [0.717, 1.165) is 5.69 Å². The zero-order chi connectivity index (χ0) is 25.7. The molecule has 0 unspecified atom stereocenters. The van der Waals surface area contributed by atoms with E-state index in [0.29, 0.717) is 17.7 Å². The summed E-state index contributed by atoms with van der Waals surface area (Å²) in [6.45, 7) is -0.193. The Bertz CT molecular complexity index is 1310. The van der Waals surface area contributed by atoms with Crippen molar-refractivity contribution >= 4 is 5.91 Å². The van der Waals surface area contributed by atoms with E-state index in [9.17, 15) is 14.3 Å². The number of pyridine rings is 1. The monoisotopic (exact) mass is 491 g/mol. The molecule has 0 saturated heterocycles. The van der Waals surface area contributed by atoms with E-state index in [1.54, 1.807) is 30.5 Å². The fraction of sp³-hybridized carbons (Fsp3) is 0.222. The van der Waals surface area contributed by atoms with Gasteiger partial charge >= 0.3 is 0 Å². The number of aliphatic hydroxyl groups excluding tert-OH is 1. The number of nitrogens with one attached hydrogen (secondary N) is 2. The number of hydrogen-bond acceptors (Lipinski definition) is 5. The molecule has 1 amide bonds. The van der Waals surface area contributed by atoms with Crippen molar-refractivity contribution in [2.75, 3.05) is 20.7 Å². The second-order valence-corrected chi connectivity index (χ2v) is 8.65. The molecule has 0 spiro atoms. The molecule has 0 aliphatic rings. The molecular formula is C27H27F2N5O2. The van der Waals surface area contributed by atoms with E-state index in [1.807, 2.05) is 31.1 Å². The van der Waals surface area contributed by atoms with Gasteiger partial charge in [-0.1, -0.05) is 12.1 Å². The largest absolute Gasteiger partial charge is 0.395 e. The standard InChI is InChI=1S/C27H27F2N5O2/c1-34(2)25(16-35)23(14-19-6-3-4-13-30-19)31-27(36)20-7-5-8-21(29)26(20)24-15-22(32-33-24)17-9-11-18(28)12-10-17/h3-13,15,23,25,35H,14,16H2,1-2H3,(H,31,36)(H,32,33)/t23-,25-/m1/s1. The lowest BCUT2D eigenvalue weighted by Crippen LogP contribution is -2.52. The molecule has 2 aromatic heterocycles. The topological polar surface area (TPSA) is 94.1 Å². The fourth-order valence-electron chi connectivity index (χ4n) is 4.12. The molecule has 0 aliphatic heterocycles. The first-order valence-electron chi connectivity index (χ1n) is 11.5. The number of rotatable bonds is 9. The molecule has 7 nitrogen and oxygen atoms in total. The predicted molar refractivity (Wildman–Crippen MR) is 133 cm³/mol. The highest BCUT2D eigenvalue weighted by molar-refractivity contribution is 6.01. The highest BCUT2D eigenvalue weighted by Gasteiger charge is 2.28. The summed E-state index contributed by atoms with van der Waals surface area (Å²) in [5.41, 5.74) is 2.37. The third-order valence-electron chi connectivity index (χ3n) is 6.03. The first-order valence-corrected chi connectivity index (χ1v) is 11.5. The van der Waals surface area contributed by atoms with Crippen molar-refractivity contribution < 1.29 is 18.7 Å². The summed E-state index contributed by atoms with van der Waals surface area (Å²) >= 11 is 0. The summed E-state index contributed by atoms with van der Waals surface area (Å²) in [5.74, 6) is -1.48. The number of aromatic amines is 1. The number of H-pyrrole nitrogens is 1. The van der Waals surface area contributed by atoms with E-state index in [2.05, 4.69) is 20.5 Å². The van der Waals surface area contributed by atoms with Gasteiger partial charge in [0.05, 0.1) is 41.2 Å². The maximum atomic E-state index is 15.1. The molecule has 0 bridgehead atoms. The van der Waals surface area contributed by atoms with Crippen LogP contribution in [0.4, 0.5) is 8.78 Å². The molecular weight excluding hydrogens is 464 g/mol. The second kappa shape index (κ2) is 11.2. The van der Waals surface area contributed by atoms with Gasteiger partial charge in [-0.15, -0.1) is 0 Å². The number of carbonyl (C=O) groups is 1. The Morgan fingerprint density at radius 2 is 1.86 bits per heavy atom. The number of amides is 1. The first kappa shape index (κ1) is 25.2. The number of nitrogens with zero attached hydrogens (tertiary/aromatic N) is 3. The van der Waals surface area contributed by atoms with Crippen LogP contribution >= 0.6 is 0 Å². The van der Waals surface area contributed by atoms with Gasteiger partial charge in [0.2, 0.25) is 0 Å². The zero-order valence-corrected chi connectivity index (χ0v) is 20.0. The number of aromatic nitrogens is 3. The average Bonchev–Trinajstić information content (AvgIpc) is 3.35. The summed E-state index contributed by atoms with van der Waals surface area (Å²) in [6.07, 6.45) is 2.04. The van der Waals surface area contributed by atoms with Crippen molar-refractivity contribution in [2.24, 2.45) is 0 Å². The van der Waals surface area contributed by atoms with Crippen molar-refractivity contribution in [3.05, 3.63) is 95.8 Å². The fourth-order valence-corrected chi connectivity index (χ4v) is 4.12. The van der Waals surface area contributed by atoms with Crippen molar-refractivity contribution in [3.8, 4) is 22.5 Å². The van der Waals surface area contributed by atoms with Gasteiger partial charge in [-0.25, -0.2) is 8.78 Å². The normalized spacial score (nSPS) is 12.9. The molecule has 0 aliphatic carbocycles. The van der Waals surface area contributed by atoms with Crippen molar-refractivity contribution in [1.29, 1.82) is 0 Å². The number of likely N-dealkylation sites (N-methyl/N-ethyl adjacent to an activating group) is 1. The summed E-state index contributed by atoms with van der Waals surface area (Å²) in [7, 11) is 3.62. The molecule has 186 valence electrons. The molecule has 2 heterocycles. The van der Waals surface area contributed by atoms with Crippen LogP contribution in [0, 0.1) is 11.6 Å². The van der Waals surface area contributed by atoms with Crippen LogP contribution in [-0.4, -0.2) is 63.9 Å². The summed E-state index contributed by atoms with van der Waals surface area (Å²) < 4.78 is 28.4. The van der Waals surface area contributed by atoms with Gasteiger partial charge in [0, 0.05) is 18.3 Å². The molecule has 4 aromatic rings. The Balaban J connectivity index is 1.66. The van der Waals surface area contributed by atoms with Crippen LogP contribution in [0.2, 0.25) is 0 Å². The second-order valence-electron chi connectivity index (χ2n) is 8.65. The van der Waals surface area contributed by atoms with Crippen molar-refractivity contribution in [3.63, 3.8) is 0 Å². The van der Waals surface area contributed by atoms with Gasteiger partial charge in [-0.3, -0.25) is 14.9 Å². The Morgan fingerprint density at radius 3 is 2.53 bits per heavy atom. The third kappa shape index (κ3) is 5.64. The molecule has 3 N–H and O–H groups in total. The first-order chi connectivity index (χ1) is 17.4. The van der Waals surface area contributed by atoms with Gasteiger partial charge < -0.3 is 15.3 Å². The van der Waals surface area contributed by atoms with Crippen LogP contribution in [-0.2, 0) is 6.42 Å². The van der Waals surface area contributed by atoms with E-state index in [-0.39, 0.29) is 29.2 Å². The van der Waals surface area contributed by atoms with Crippen molar-refractivity contribution in [1.82, 2.24) is 25.4 Å². The molecule has 0 saturated carbocycles. The minimum atomic E-state index is -0.604. The smallest absolute Gasteiger partial charge is 0.252 e. The van der Waals surface area contributed by atoms with E-state index in [1.165, 1.54) is 30.3 Å². The minimum Gasteiger partial charge on any atom is -0.395 e. The van der Waals surface area contributed by atoms with Crippen LogP contribution < -0.4 is 5.32 Å². The Labute approximate surface area is 207 Å². The molecule has 2 atom stereocenters. The lowest BCUT2D eigenvalue weighted by Gasteiger charge is -2.31. The van der Waals surface area contributed by atoms with Gasteiger partial charge in [0.1, 0.15) is 11.6 Å². The Kier molecular flexibility index (Phi) is 7.82. The van der Waals surface area contributed by atoms with Gasteiger partial charge in [-0.2, -0.15) is 5.10 Å². The highest BCUT2D eigenvalue weighted by Crippen LogP contribution is 2.29. The molecule has 4 rings (SSSR count). The molecule has 36 heavy (non-hydrogen) atoms. The van der Waals surface area contributed by atoms with Crippen molar-refractivity contribution in [2.45, 2.75) is 18.5 Å². The number of aliphatic hydroxyl groups is 1. The van der Waals surface area contributed by atoms with Crippen LogP contribution in [0.3, 0.4) is 0 Å². The lowest BCUT2D eigenvalue weighted by atomic mass is 9.99. The highest BCUT2D eigenvalue weighted by atomic mass is 19.1. The Morgan fingerprint density at radius 1 is 1.08 bits per heavy atom. The molecule has 0 radical (unpaired) electrons. The van der Waals surface area contributed by atoms with Gasteiger partial charge in [-0.05, 0) is 74.3 Å². The molecule has 0 fully saturated rings. The van der Waals surface area contributed by atoms with E-state index < -0.39 is 23.8 Å². The quantitative estimate of drug-likeness (QED) is 0.332.